The molecule has 19 heavy (non-hydrogen) atoms. The third-order valence-corrected chi connectivity index (χ3v) is 4.42. The summed E-state index contributed by atoms with van der Waals surface area (Å²) >= 11 is 1.76. The molecule has 0 saturated heterocycles. The maximum Gasteiger partial charge on any atom is 0.146 e. The second kappa shape index (κ2) is 6.06. The van der Waals surface area contributed by atoms with Crippen molar-refractivity contribution in [2.24, 2.45) is 0 Å². The molecule has 102 valence electrons. The van der Waals surface area contributed by atoms with Crippen LogP contribution in [0.15, 0.2) is 30.3 Å². The summed E-state index contributed by atoms with van der Waals surface area (Å²) in [7, 11) is 1.58. The van der Waals surface area contributed by atoms with Gasteiger partial charge in [-0.25, -0.2) is 4.39 Å². The summed E-state index contributed by atoms with van der Waals surface area (Å²) in [6, 6.07) is 9.01. The van der Waals surface area contributed by atoms with E-state index < -0.39 is 0 Å². The van der Waals surface area contributed by atoms with Gasteiger partial charge in [0, 0.05) is 15.8 Å². The molecular formula is C15H18FNOS. The largest absolute Gasteiger partial charge is 0.497 e. The first-order valence-electron chi connectivity index (χ1n) is 6.32. The lowest BCUT2D eigenvalue weighted by atomic mass is 10.2. The highest BCUT2D eigenvalue weighted by Gasteiger charge is 2.11. The van der Waals surface area contributed by atoms with Crippen molar-refractivity contribution in [3.05, 3.63) is 45.9 Å². The zero-order valence-electron chi connectivity index (χ0n) is 11.4. The summed E-state index contributed by atoms with van der Waals surface area (Å²) in [5.41, 5.74) is 0.471. The summed E-state index contributed by atoms with van der Waals surface area (Å²) in [4.78, 5) is 2.55. The number of halogens is 1. The Morgan fingerprint density at radius 2 is 2.11 bits per heavy atom. The SMILES string of the molecule is CCc1ccc(C(C)Nc2cc(OC)ccc2F)s1. The van der Waals surface area contributed by atoms with Gasteiger partial charge in [-0.15, -0.1) is 11.3 Å². The van der Waals surface area contributed by atoms with Crippen LogP contribution in [0.1, 0.15) is 29.6 Å². The summed E-state index contributed by atoms with van der Waals surface area (Å²) in [5.74, 6) is 0.386. The fourth-order valence-corrected chi connectivity index (χ4v) is 2.82. The quantitative estimate of drug-likeness (QED) is 0.861. The molecule has 2 aromatic rings. The predicted molar refractivity (Wildman–Crippen MR) is 78.7 cm³/mol. The van der Waals surface area contributed by atoms with Crippen LogP contribution in [0.4, 0.5) is 10.1 Å². The van der Waals surface area contributed by atoms with Crippen molar-refractivity contribution in [1.29, 1.82) is 0 Å². The van der Waals surface area contributed by atoms with Crippen molar-refractivity contribution in [1.82, 2.24) is 0 Å². The molecular weight excluding hydrogens is 261 g/mol. The molecule has 1 N–H and O–H groups in total. The smallest absolute Gasteiger partial charge is 0.146 e. The van der Waals surface area contributed by atoms with Gasteiger partial charge in [0.2, 0.25) is 0 Å². The first-order valence-corrected chi connectivity index (χ1v) is 7.14. The van der Waals surface area contributed by atoms with Gasteiger partial charge in [-0.05, 0) is 37.6 Å². The van der Waals surface area contributed by atoms with E-state index in [0.717, 1.165) is 6.42 Å². The highest BCUT2D eigenvalue weighted by atomic mass is 32.1. The number of ether oxygens (including phenoxy) is 1. The van der Waals surface area contributed by atoms with Crippen LogP contribution in [-0.2, 0) is 6.42 Å². The van der Waals surface area contributed by atoms with Crippen LogP contribution in [0.3, 0.4) is 0 Å². The van der Waals surface area contributed by atoms with Gasteiger partial charge in [-0.3, -0.25) is 0 Å². The van der Waals surface area contributed by atoms with E-state index in [2.05, 4.69) is 24.4 Å². The van der Waals surface area contributed by atoms with E-state index in [-0.39, 0.29) is 11.9 Å². The fourth-order valence-electron chi connectivity index (χ4n) is 1.86. The van der Waals surface area contributed by atoms with Crippen molar-refractivity contribution in [3.63, 3.8) is 0 Å². The van der Waals surface area contributed by atoms with Crippen molar-refractivity contribution >= 4 is 17.0 Å². The molecule has 1 aromatic carbocycles. The number of benzene rings is 1. The molecule has 0 aliphatic heterocycles. The second-order valence-electron chi connectivity index (χ2n) is 4.37. The molecule has 1 aromatic heterocycles. The van der Waals surface area contributed by atoms with Crippen molar-refractivity contribution in [2.45, 2.75) is 26.3 Å². The number of rotatable bonds is 5. The summed E-state index contributed by atoms with van der Waals surface area (Å²) in [6.07, 6.45) is 1.03. The Bertz CT molecular complexity index is 553. The Morgan fingerprint density at radius 3 is 2.74 bits per heavy atom. The average Bonchev–Trinajstić information content (AvgIpc) is 2.90. The Balaban J connectivity index is 2.15. The Hall–Kier alpha value is -1.55. The molecule has 0 saturated carbocycles. The third-order valence-electron chi connectivity index (χ3n) is 3.00. The maximum absolute atomic E-state index is 13.7. The van der Waals surface area contributed by atoms with Gasteiger partial charge in [-0.2, -0.15) is 0 Å². The molecule has 0 aliphatic carbocycles. The minimum absolute atomic E-state index is 0.0758. The van der Waals surface area contributed by atoms with Gasteiger partial charge in [-0.1, -0.05) is 6.92 Å². The number of thiophene rings is 1. The zero-order valence-corrected chi connectivity index (χ0v) is 12.2. The van der Waals surface area contributed by atoms with Crippen LogP contribution >= 0.6 is 11.3 Å². The Morgan fingerprint density at radius 1 is 1.32 bits per heavy atom. The number of hydrogen-bond acceptors (Lipinski definition) is 3. The molecule has 0 bridgehead atoms. The van der Waals surface area contributed by atoms with Gasteiger partial charge in [0.05, 0.1) is 18.8 Å². The average molecular weight is 279 g/mol. The molecule has 1 atom stereocenters. The monoisotopic (exact) mass is 279 g/mol. The van der Waals surface area contributed by atoms with E-state index in [1.807, 2.05) is 6.92 Å². The minimum atomic E-state index is -0.264. The number of nitrogens with one attached hydrogen (secondary N) is 1. The summed E-state index contributed by atoms with van der Waals surface area (Å²) < 4.78 is 18.9. The molecule has 2 rings (SSSR count). The van der Waals surface area contributed by atoms with Crippen LogP contribution in [0.25, 0.3) is 0 Å². The topological polar surface area (TPSA) is 21.3 Å². The molecule has 1 unspecified atom stereocenters. The van der Waals surface area contributed by atoms with Crippen LogP contribution in [0.2, 0.25) is 0 Å². The Kier molecular flexibility index (Phi) is 4.43. The van der Waals surface area contributed by atoms with Gasteiger partial charge in [0.25, 0.3) is 0 Å². The number of methoxy groups -OCH3 is 1. The van der Waals surface area contributed by atoms with Crippen LogP contribution in [-0.4, -0.2) is 7.11 Å². The zero-order chi connectivity index (χ0) is 13.8. The van der Waals surface area contributed by atoms with E-state index in [1.165, 1.54) is 15.8 Å². The van der Waals surface area contributed by atoms with E-state index in [0.29, 0.717) is 11.4 Å². The number of aryl methyl sites for hydroxylation is 1. The molecule has 0 spiro atoms. The van der Waals surface area contributed by atoms with Crippen LogP contribution < -0.4 is 10.1 Å². The minimum Gasteiger partial charge on any atom is -0.497 e. The normalized spacial score (nSPS) is 12.2. The highest BCUT2D eigenvalue weighted by Crippen LogP contribution is 2.29. The summed E-state index contributed by atoms with van der Waals surface area (Å²) in [6.45, 7) is 4.17. The van der Waals surface area contributed by atoms with Gasteiger partial charge in [0.1, 0.15) is 11.6 Å². The van der Waals surface area contributed by atoms with Gasteiger partial charge >= 0.3 is 0 Å². The van der Waals surface area contributed by atoms with E-state index in [4.69, 9.17) is 4.74 Å². The Labute approximate surface area is 117 Å². The molecule has 0 amide bonds. The van der Waals surface area contributed by atoms with Crippen molar-refractivity contribution in [3.8, 4) is 5.75 Å². The van der Waals surface area contributed by atoms with Crippen molar-refractivity contribution < 1.29 is 9.13 Å². The fraction of sp³-hybridized carbons (Fsp3) is 0.333. The molecule has 4 heteroatoms. The second-order valence-corrected chi connectivity index (χ2v) is 5.57. The lowest BCUT2D eigenvalue weighted by Crippen LogP contribution is -2.06. The molecule has 0 fully saturated rings. The van der Waals surface area contributed by atoms with E-state index in [1.54, 1.807) is 30.6 Å². The van der Waals surface area contributed by atoms with Crippen molar-refractivity contribution in [2.75, 3.05) is 12.4 Å². The lowest BCUT2D eigenvalue weighted by molar-refractivity contribution is 0.414. The first kappa shape index (κ1) is 13.9. The number of hydrogen-bond donors (Lipinski definition) is 1. The van der Waals surface area contributed by atoms with Crippen LogP contribution in [0, 0.1) is 5.82 Å². The maximum atomic E-state index is 13.7. The van der Waals surface area contributed by atoms with Gasteiger partial charge in [0.15, 0.2) is 0 Å². The van der Waals surface area contributed by atoms with Crippen LogP contribution in [0.5, 0.6) is 5.75 Å². The number of anilines is 1. The standard InChI is InChI=1S/C15H18FNOS/c1-4-12-6-8-15(19-12)10(2)17-14-9-11(18-3)5-7-13(14)16/h5-10,17H,4H2,1-3H3. The molecule has 0 aliphatic rings. The predicted octanol–water partition coefficient (Wildman–Crippen LogP) is 4.63. The first-order chi connectivity index (χ1) is 9.13. The molecule has 2 nitrogen and oxygen atoms in total. The van der Waals surface area contributed by atoms with E-state index >= 15 is 0 Å². The third kappa shape index (κ3) is 3.26. The molecule has 1 heterocycles. The summed E-state index contributed by atoms with van der Waals surface area (Å²) in [5, 5.41) is 3.19. The van der Waals surface area contributed by atoms with Gasteiger partial charge < -0.3 is 10.1 Å². The molecule has 0 radical (unpaired) electrons. The van der Waals surface area contributed by atoms with E-state index in [9.17, 15) is 4.39 Å². The highest BCUT2D eigenvalue weighted by molar-refractivity contribution is 7.12. The lowest BCUT2D eigenvalue weighted by Gasteiger charge is -2.15.